The first-order valence-electron chi connectivity index (χ1n) is 8.70. The lowest BCUT2D eigenvalue weighted by Crippen LogP contribution is -2.43. The minimum atomic E-state index is 0.397. The Morgan fingerprint density at radius 2 is 1.81 bits per heavy atom. The molecule has 0 radical (unpaired) electrons. The summed E-state index contributed by atoms with van der Waals surface area (Å²) in [7, 11) is 0. The minimum Gasteiger partial charge on any atom is -0.312 e. The summed E-state index contributed by atoms with van der Waals surface area (Å²) in [6.07, 6.45) is 14.0. The normalized spacial score (nSPS) is 30.7. The fraction of sp³-hybridized carbons (Fsp3) is 0.765. The number of fused-ring (bicyclic) bond motifs is 1. The molecule has 2 unspecified atom stereocenters. The molecule has 1 fully saturated rings. The fourth-order valence-corrected chi connectivity index (χ4v) is 4.43. The van der Waals surface area contributed by atoms with Gasteiger partial charge in [-0.2, -0.15) is 0 Å². The first kappa shape index (κ1) is 13.5. The zero-order valence-corrected chi connectivity index (χ0v) is 13.0. The molecule has 0 amide bonds. The van der Waals surface area contributed by atoms with Gasteiger partial charge in [0.05, 0.1) is 6.04 Å². The third-order valence-corrected chi connectivity index (χ3v) is 5.64. The van der Waals surface area contributed by atoms with Crippen molar-refractivity contribution < 1.29 is 0 Å². The summed E-state index contributed by atoms with van der Waals surface area (Å²) in [6.45, 7) is 4.52. The molecule has 0 spiro atoms. The lowest BCUT2D eigenvalue weighted by atomic mass is 9.99. The SMILES string of the molecule is CC1c2nnc(C3CCCC3)n2CCN1C1C=CCCC1. The second kappa shape index (κ2) is 5.56. The second-order valence-corrected chi connectivity index (χ2v) is 6.89. The molecule has 0 saturated heterocycles. The largest absolute Gasteiger partial charge is 0.312 e. The zero-order valence-electron chi connectivity index (χ0n) is 13.0. The summed E-state index contributed by atoms with van der Waals surface area (Å²) < 4.78 is 2.43. The molecule has 1 aliphatic heterocycles. The lowest BCUT2D eigenvalue weighted by molar-refractivity contribution is 0.121. The molecule has 1 aromatic rings. The van der Waals surface area contributed by atoms with Gasteiger partial charge in [-0.3, -0.25) is 4.90 Å². The van der Waals surface area contributed by atoms with Crippen LogP contribution in [0, 0.1) is 0 Å². The predicted molar refractivity (Wildman–Crippen MR) is 83.1 cm³/mol. The van der Waals surface area contributed by atoms with Crippen LogP contribution in [-0.4, -0.2) is 32.3 Å². The second-order valence-electron chi connectivity index (χ2n) is 6.89. The van der Waals surface area contributed by atoms with E-state index in [2.05, 4.69) is 38.7 Å². The number of hydrogen-bond acceptors (Lipinski definition) is 3. The number of nitrogens with zero attached hydrogens (tertiary/aromatic N) is 4. The van der Waals surface area contributed by atoms with Crippen LogP contribution in [0.5, 0.6) is 0 Å². The Morgan fingerprint density at radius 3 is 2.57 bits per heavy atom. The molecule has 1 aromatic heterocycles. The van der Waals surface area contributed by atoms with Gasteiger partial charge in [0.1, 0.15) is 11.6 Å². The van der Waals surface area contributed by atoms with Crippen LogP contribution in [-0.2, 0) is 6.54 Å². The lowest BCUT2D eigenvalue weighted by Gasteiger charge is -2.39. The molecule has 2 aliphatic carbocycles. The predicted octanol–water partition coefficient (Wildman–Crippen LogP) is 3.42. The Morgan fingerprint density at radius 1 is 1.00 bits per heavy atom. The van der Waals surface area contributed by atoms with Crippen molar-refractivity contribution in [2.45, 2.75) is 76.4 Å². The Balaban J connectivity index is 1.58. The van der Waals surface area contributed by atoms with Gasteiger partial charge in [-0.05, 0) is 39.0 Å². The van der Waals surface area contributed by atoms with Gasteiger partial charge in [0.15, 0.2) is 0 Å². The maximum absolute atomic E-state index is 4.58. The Labute approximate surface area is 127 Å². The molecule has 0 aromatic carbocycles. The van der Waals surface area contributed by atoms with Crippen molar-refractivity contribution in [2.75, 3.05) is 6.54 Å². The van der Waals surface area contributed by atoms with E-state index >= 15 is 0 Å². The van der Waals surface area contributed by atoms with Gasteiger partial charge in [0.2, 0.25) is 0 Å². The average Bonchev–Trinajstić information content (AvgIpc) is 3.17. The molecule has 21 heavy (non-hydrogen) atoms. The number of allylic oxidation sites excluding steroid dienone is 1. The van der Waals surface area contributed by atoms with Crippen LogP contribution in [0.25, 0.3) is 0 Å². The van der Waals surface area contributed by atoms with Crippen LogP contribution < -0.4 is 0 Å². The van der Waals surface area contributed by atoms with Gasteiger partial charge in [-0.25, -0.2) is 0 Å². The first-order chi connectivity index (χ1) is 10.3. The van der Waals surface area contributed by atoms with E-state index in [-0.39, 0.29) is 0 Å². The molecule has 4 rings (SSSR count). The van der Waals surface area contributed by atoms with Gasteiger partial charge < -0.3 is 4.57 Å². The molecular formula is C17H26N4. The number of hydrogen-bond donors (Lipinski definition) is 0. The van der Waals surface area contributed by atoms with Crippen molar-refractivity contribution in [3.05, 3.63) is 23.8 Å². The van der Waals surface area contributed by atoms with Gasteiger partial charge in [-0.1, -0.05) is 25.0 Å². The van der Waals surface area contributed by atoms with Crippen LogP contribution >= 0.6 is 0 Å². The van der Waals surface area contributed by atoms with Crippen LogP contribution in [0.1, 0.15) is 75.5 Å². The highest BCUT2D eigenvalue weighted by Crippen LogP contribution is 2.36. The van der Waals surface area contributed by atoms with E-state index in [9.17, 15) is 0 Å². The summed E-state index contributed by atoms with van der Waals surface area (Å²) >= 11 is 0. The Kier molecular flexibility index (Phi) is 3.57. The molecule has 4 nitrogen and oxygen atoms in total. The summed E-state index contributed by atoms with van der Waals surface area (Å²) in [5.41, 5.74) is 0. The van der Waals surface area contributed by atoms with E-state index in [0.717, 1.165) is 13.1 Å². The monoisotopic (exact) mass is 286 g/mol. The van der Waals surface area contributed by atoms with Crippen molar-refractivity contribution in [1.82, 2.24) is 19.7 Å². The third kappa shape index (κ3) is 2.33. The van der Waals surface area contributed by atoms with E-state index < -0.39 is 0 Å². The summed E-state index contributed by atoms with van der Waals surface area (Å²) in [5.74, 6) is 3.13. The molecule has 2 heterocycles. The van der Waals surface area contributed by atoms with E-state index in [1.54, 1.807) is 0 Å². The van der Waals surface area contributed by atoms with Crippen molar-refractivity contribution in [3.8, 4) is 0 Å². The first-order valence-corrected chi connectivity index (χ1v) is 8.70. The van der Waals surface area contributed by atoms with Gasteiger partial charge >= 0.3 is 0 Å². The Bertz CT molecular complexity index is 527. The van der Waals surface area contributed by atoms with E-state index in [4.69, 9.17) is 0 Å². The molecular weight excluding hydrogens is 260 g/mol. The highest BCUT2D eigenvalue weighted by molar-refractivity contribution is 5.11. The molecule has 0 bridgehead atoms. The molecule has 0 N–H and O–H groups in total. The smallest absolute Gasteiger partial charge is 0.150 e. The highest BCUT2D eigenvalue weighted by Gasteiger charge is 2.34. The van der Waals surface area contributed by atoms with E-state index in [0.29, 0.717) is 18.0 Å². The van der Waals surface area contributed by atoms with Crippen molar-refractivity contribution in [3.63, 3.8) is 0 Å². The fourth-order valence-electron chi connectivity index (χ4n) is 4.43. The summed E-state index contributed by atoms with van der Waals surface area (Å²) in [6, 6.07) is 1.00. The molecule has 1 saturated carbocycles. The topological polar surface area (TPSA) is 34.0 Å². The maximum Gasteiger partial charge on any atom is 0.150 e. The molecule has 114 valence electrons. The van der Waals surface area contributed by atoms with E-state index in [1.807, 2.05) is 0 Å². The van der Waals surface area contributed by atoms with Crippen LogP contribution in [0.3, 0.4) is 0 Å². The molecule has 4 heteroatoms. The minimum absolute atomic E-state index is 0.397. The third-order valence-electron chi connectivity index (χ3n) is 5.64. The van der Waals surface area contributed by atoms with Gasteiger partial charge in [0, 0.05) is 25.0 Å². The van der Waals surface area contributed by atoms with Crippen molar-refractivity contribution >= 4 is 0 Å². The summed E-state index contributed by atoms with van der Waals surface area (Å²) in [5, 5.41) is 9.15. The van der Waals surface area contributed by atoms with Crippen LogP contribution in [0.4, 0.5) is 0 Å². The van der Waals surface area contributed by atoms with Gasteiger partial charge in [0.25, 0.3) is 0 Å². The maximum atomic E-state index is 4.58. The van der Waals surface area contributed by atoms with Crippen LogP contribution in [0.15, 0.2) is 12.2 Å². The van der Waals surface area contributed by atoms with Crippen molar-refractivity contribution in [1.29, 1.82) is 0 Å². The summed E-state index contributed by atoms with van der Waals surface area (Å²) in [4.78, 5) is 2.62. The highest BCUT2D eigenvalue weighted by atomic mass is 15.4. The quantitative estimate of drug-likeness (QED) is 0.781. The van der Waals surface area contributed by atoms with Gasteiger partial charge in [-0.15, -0.1) is 10.2 Å². The standard InChI is InChI=1S/C17H26N4/c1-13-16-18-19-17(14-7-5-6-8-14)21(16)12-11-20(13)15-9-3-2-4-10-15/h3,9,13-15H,2,4-8,10-12H2,1H3. The molecule has 2 atom stereocenters. The number of rotatable bonds is 2. The number of aromatic nitrogens is 3. The Hall–Kier alpha value is -1.16. The zero-order chi connectivity index (χ0) is 14.2. The van der Waals surface area contributed by atoms with E-state index in [1.165, 1.54) is 56.6 Å². The van der Waals surface area contributed by atoms with Crippen molar-refractivity contribution in [2.24, 2.45) is 0 Å². The average molecular weight is 286 g/mol. The molecule has 3 aliphatic rings. The van der Waals surface area contributed by atoms with Crippen LogP contribution in [0.2, 0.25) is 0 Å².